The molecule has 0 radical (unpaired) electrons. The third-order valence-electron chi connectivity index (χ3n) is 3.85. The molecule has 1 heterocycles. The van der Waals surface area contributed by atoms with Gasteiger partial charge in [-0.05, 0) is 51.2 Å². The molecule has 1 unspecified atom stereocenters. The highest BCUT2D eigenvalue weighted by atomic mass is 35.5. The molecular formula is C16H23Cl2N3. The van der Waals surface area contributed by atoms with E-state index >= 15 is 0 Å². The van der Waals surface area contributed by atoms with Gasteiger partial charge in [0.25, 0.3) is 0 Å². The molecule has 0 spiro atoms. The van der Waals surface area contributed by atoms with Crippen LogP contribution in [0.4, 0.5) is 0 Å². The third-order valence-corrected chi connectivity index (χ3v) is 4.28. The minimum Gasteiger partial charge on any atom is -0.327 e. The van der Waals surface area contributed by atoms with Crippen LogP contribution in [0.25, 0.3) is 11.0 Å². The van der Waals surface area contributed by atoms with Crippen LogP contribution < -0.4 is 0 Å². The zero-order valence-corrected chi connectivity index (χ0v) is 14.5. The Kier molecular flexibility index (Phi) is 5.91. The van der Waals surface area contributed by atoms with Gasteiger partial charge in [-0.2, -0.15) is 0 Å². The Bertz CT molecular complexity index is 588. The van der Waals surface area contributed by atoms with Crippen molar-refractivity contribution in [3.63, 3.8) is 0 Å². The second-order valence-electron chi connectivity index (χ2n) is 5.25. The fraction of sp³-hybridized carbons (Fsp3) is 0.562. The molecule has 0 fully saturated rings. The highest BCUT2D eigenvalue weighted by Crippen LogP contribution is 2.26. The molecule has 3 nitrogen and oxygen atoms in total. The number of alkyl halides is 1. The number of nitrogens with zero attached hydrogens (tertiary/aromatic N) is 3. The number of aromatic nitrogens is 2. The predicted molar refractivity (Wildman–Crippen MR) is 91.4 cm³/mol. The zero-order valence-electron chi connectivity index (χ0n) is 12.9. The summed E-state index contributed by atoms with van der Waals surface area (Å²) >= 11 is 12.3. The minimum atomic E-state index is -0.107. The summed E-state index contributed by atoms with van der Waals surface area (Å²) in [5.74, 6) is 0.925. The smallest absolute Gasteiger partial charge is 0.127 e. The lowest BCUT2D eigenvalue weighted by molar-refractivity contribution is 0.293. The average Bonchev–Trinajstić information content (AvgIpc) is 2.81. The van der Waals surface area contributed by atoms with Gasteiger partial charge < -0.3 is 9.47 Å². The van der Waals surface area contributed by atoms with E-state index in [0.717, 1.165) is 49.5 Å². The largest absolute Gasteiger partial charge is 0.327 e. The van der Waals surface area contributed by atoms with Crippen molar-refractivity contribution in [1.82, 2.24) is 14.5 Å². The van der Waals surface area contributed by atoms with Crippen molar-refractivity contribution in [3.8, 4) is 0 Å². The maximum absolute atomic E-state index is 6.29. The van der Waals surface area contributed by atoms with Crippen LogP contribution in [0.15, 0.2) is 18.2 Å². The first kappa shape index (κ1) is 16.6. The van der Waals surface area contributed by atoms with Crippen molar-refractivity contribution < 1.29 is 0 Å². The molecule has 21 heavy (non-hydrogen) atoms. The third kappa shape index (κ3) is 3.91. The number of halogens is 2. The van der Waals surface area contributed by atoms with Crippen LogP contribution in [0.5, 0.6) is 0 Å². The van der Waals surface area contributed by atoms with E-state index in [2.05, 4.69) is 28.3 Å². The molecular weight excluding hydrogens is 305 g/mol. The van der Waals surface area contributed by atoms with Crippen LogP contribution in [0.1, 0.15) is 38.4 Å². The van der Waals surface area contributed by atoms with Crippen molar-refractivity contribution in [2.75, 3.05) is 19.6 Å². The van der Waals surface area contributed by atoms with Crippen molar-refractivity contribution in [3.05, 3.63) is 29.0 Å². The van der Waals surface area contributed by atoms with E-state index < -0.39 is 0 Å². The fourth-order valence-electron chi connectivity index (χ4n) is 2.65. The van der Waals surface area contributed by atoms with Crippen molar-refractivity contribution in [2.24, 2.45) is 0 Å². The topological polar surface area (TPSA) is 21.1 Å². The number of hydrogen-bond donors (Lipinski definition) is 0. The number of aryl methyl sites for hydroxylation is 1. The number of fused-ring (bicyclic) bond motifs is 1. The van der Waals surface area contributed by atoms with E-state index in [1.54, 1.807) is 0 Å². The van der Waals surface area contributed by atoms with Gasteiger partial charge in [-0.15, -0.1) is 11.6 Å². The van der Waals surface area contributed by atoms with E-state index in [1.165, 1.54) is 0 Å². The van der Waals surface area contributed by atoms with Gasteiger partial charge in [0.15, 0.2) is 0 Å². The first-order valence-electron chi connectivity index (χ1n) is 7.58. The van der Waals surface area contributed by atoms with E-state index in [9.17, 15) is 0 Å². The molecule has 0 saturated heterocycles. The van der Waals surface area contributed by atoms with Crippen LogP contribution in [0.2, 0.25) is 5.02 Å². The normalized spacial score (nSPS) is 13.2. The predicted octanol–water partition coefficient (Wildman–Crippen LogP) is 4.72. The lowest BCUT2D eigenvalue weighted by atomic mass is 10.3. The Morgan fingerprint density at radius 1 is 1.29 bits per heavy atom. The van der Waals surface area contributed by atoms with E-state index in [0.29, 0.717) is 5.02 Å². The summed E-state index contributed by atoms with van der Waals surface area (Å²) in [6, 6.07) is 5.85. The fourth-order valence-corrected chi connectivity index (χ4v) is 2.99. The molecule has 0 bridgehead atoms. The maximum Gasteiger partial charge on any atom is 0.127 e. The summed E-state index contributed by atoms with van der Waals surface area (Å²) in [5.41, 5.74) is 2.04. The van der Waals surface area contributed by atoms with Gasteiger partial charge in [0.2, 0.25) is 0 Å². The SMILES string of the molecule is CCN(CC)CCCn1c(C(C)Cl)nc2cc(Cl)ccc21. The highest BCUT2D eigenvalue weighted by molar-refractivity contribution is 6.31. The molecule has 0 amide bonds. The summed E-state index contributed by atoms with van der Waals surface area (Å²) in [6.45, 7) is 10.6. The number of rotatable bonds is 7. The standard InChI is InChI=1S/C16H23Cl2N3/c1-4-20(5-2)9-6-10-21-15-8-7-13(18)11-14(15)19-16(21)12(3)17/h7-8,11-12H,4-6,9-10H2,1-3H3. The van der Waals surface area contributed by atoms with Crippen molar-refractivity contribution >= 4 is 34.2 Å². The molecule has 2 aromatic rings. The molecule has 0 aliphatic rings. The van der Waals surface area contributed by atoms with E-state index in [1.807, 2.05) is 25.1 Å². The van der Waals surface area contributed by atoms with Crippen LogP contribution in [0, 0.1) is 0 Å². The Balaban J connectivity index is 2.22. The number of hydrogen-bond acceptors (Lipinski definition) is 2. The molecule has 2 rings (SSSR count). The van der Waals surface area contributed by atoms with Gasteiger partial charge in [-0.25, -0.2) is 4.98 Å². The van der Waals surface area contributed by atoms with Gasteiger partial charge >= 0.3 is 0 Å². The summed E-state index contributed by atoms with van der Waals surface area (Å²) in [4.78, 5) is 7.07. The van der Waals surface area contributed by atoms with Crippen molar-refractivity contribution in [2.45, 2.75) is 39.1 Å². The number of benzene rings is 1. The second-order valence-corrected chi connectivity index (χ2v) is 6.34. The Morgan fingerprint density at radius 2 is 2.00 bits per heavy atom. The van der Waals surface area contributed by atoms with Crippen LogP contribution >= 0.6 is 23.2 Å². The minimum absolute atomic E-state index is 0.107. The molecule has 0 saturated carbocycles. The first-order chi connectivity index (χ1) is 10.1. The molecule has 5 heteroatoms. The van der Waals surface area contributed by atoms with Gasteiger partial charge in [0.1, 0.15) is 5.82 Å². The quantitative estimate of drug-likeness (QED) is 0.686. The molecule has 1 aromatic heterocycles. The van der Waals surface area contributed by atoms with E-state index in [4.69, 9.17) is 23.2 Å². The summed E-state index contributed by atoms with van der Waals surface area (Å²) in [5, 5.41) is 0.605. The lowest BCUT2D eigenvalue weighted by Crippen LogP contribution is -2.25. The Hall–Kier alpha value is -0.770. The number of imidazole rings is 1. The summed E-state index contributed by atoms with van der Waals surface area (Å²) < 4.78 is 2.23. The van der Waals surface area contributed by atoms with Crippen molar-refractivity contribution in [1.29, 1.82) is 0 Å². The van der Waals surface area contributed by atoms with Gasteiger partial charge in [0.05, 0.1) is 16.4 Å². The van der Waals surface area contributed by atoms with Gasteiger partial charge in [-0.3, -0.25) is 0 Å². The molecule has 1 atom stereocenters. The summed E-state index contributed by atoms with van der Waals surface area (Å²) in [6.07, 6.45) is 1.09. The van der Waals surface area contributed by atoms with E-state index in [-0.39, 0.29) is 5.38 Å². The molecule has 0 aliphatic carbocycles. The van der Waals surface area contributed by atoms with Crippen LogP contribution in [-0.2, 0) is 6.54 Å². The van der Waals surface area contributed by atoms with Crippen LogP contribution in [-0.4, -0.2) is 34.1 Å². The maximum atomic E-state index is 6.29. The average molecular weight is 328 g/mol. The lowest BCUT2D eigenvalue weighted by Gasteiger charge is -2.18. The van der Waals surface area contributed by atoms with Gasteiger partial charge in [0, 0.05) is 11.6 Å². The highest BCUT2D eigenvalue weighted by Gasteiger charge is 2.15. The molecule has 116 valence electrons. The Labute approximate surface area is 136 Å². The van der Waals surface area contributed by atoms with Gasteiger partial charge in [-0.1, -0.05) is 25.4 Å². The second kappa shape index (κ2) is 7.48. The Morgan fingerprint density at radius 3 is 2.62 bits per heavy atom. The van der Waals surface area contributed by atoms with Crippen LogP contribution in [0.3, 0.4) is 0 Å². The summed E-state index contributed by atoms with van der Waals surface area (Å²) in [7, 11) is 0. The monoisotopic (exact) mass is 327 g/mol. The molecule has 0 aliphatic heterocycles. The molecule has 1 aromatic carbocycles. The first-order valence-corrected chi connectivity index (χ1v) is 8.40. The zero-order chi connectivity index (χ0) is 15.4. The molecule has 0 N–H and O–H groups in total.